The third-order valence-corrected chi connectivity index (χ3v) is 8.74. The Bertz CT molecular complexity index is 1080. The summed E-state index contributed by atoms with van der Waals surface area (Å²) in [5.74, 6) is 1.10. The molecule has 4 fully saturated rings. The molecule has 9 heteroatoms. The number of hydrogen-bond acceptors (Lipinski definition) is 6. The predicted octanol–water partition coefficient (Wildman–Crippen LogP) is 1.48. The van der Waals surface area contributed by atoms with Crippen LogP contribution in [-0.4, -0.2) is 69.3 Å². The maximum absolute atomic E-state index is 13.9. The summed E-state index contributed by atoms with van der Waals surface area (Å²) >= 11 is 0. The van der Waals surface area contributed by atoms with Gasteiger partial charge in [-0.15, -0.1) is 0 Å². The van der Waals surface area contributed by atoms with Crippen LogP contribution >= 0.6 is 0 Å². The Hall–Kier alpha value is -2.91. The number of rotatable bonds is 4. The van der Waals surface area contributed by atoms with Crippen LogP contribution in [0.5, 0.6) is 0 Å². The van der Waals surface area contributed by atoms with Crippen LogP contribution in [0, 0.1) is 11.8 Å². The molecule has 1 aliphatic carbocycles. The monoisotopic (exact) mass is 477 g/mol. The van der Waals surface area contributed by atoms with Crippen molar-refractivity contribution in [3.8, 4) is 0 Å². The second kappa shape index (κ2) is 8.95. The maximum atomic E-state index is 13.9. The highest BCUT2D eigenvalue weighted by atomic mass is 16.2. The van der Waals surface area contributed by atoms with Gasteiger partial charge < -0.3 is 14.7 Å². The number of benzene rings is 1. The molecule has 1 spiro atoms. The first-order chi connectivity index (χ1) is 17.0. The van der Waals surface area contributed by atoms with Gasteiger partial charge in [0.1, 0.15) is 5.54 Å². The number of fused-ring (bicyclic) bond motifs is 1. The van der Waals surface area contributed by atoms with Crippen LogP contribution in [0.1, 0.15) is 37.8 Å². The summed E-state index contributed by atoms with van der Waals surface area (Å²) in [7, 11) is 1.91. The maximum Gasteiger partial charge on any atom is 0.250 e. The number of hydrazine groups is 1. The molecule has 6 rings (SSSR count). The van der Waals surface area contributed by atoms with E-state index >= 15 is 0 Å². The fraction of sp³-hybridized carbons (Fsp3) is 0.577. The van der Waals surface area contributed by atoms with Gasteiger partial charge in [-0.1, -0.05) is 18.2 Å². The van der Waals surface area contributed by atoms with E-state index in [0.717, 1.165) is 37.2 Å². The van der Waals surface area contributed by atoms with Gasteiger partial charge in [-0.05, 0) is 56.2 Å². The third kappa shape index (κ3) is 3.90. The highest BCUT2D eigenvalue weighted by Crippen LogP contribution is 2.41. The predicted molar refractivity (Wildman–Crippen MR) is 132 cm³/mol. The van der Waals surface area contributed by atoms with Crippen molar-refractivity contribution in [1.82, 2.24) is 30.4 Å². The molecule has 0 radical (unpaired) electrons. The van der Waals surface area contributed by atoms with Crippen molar-refractivity contribution in [1.29, 1.82) is 0 Å². The molecule has 3 atom stereocenters. The zero-order chi connectivity index (χ0) is 24.0. The van der Waals surface area contributed by atoms with E-state index in [1.807, 2.05) is 45.8 Å². The minimum atomic E-state index is -0.603. The van der Waals surface area contributed by atoms with E-state index in [0.29, 0.717) is 51.1 Å². The second-order valence-electron chi connectivity index (χ2n) is 10.6. The molecule has 1 saturated carbocycles. The molecular formula is C26H35N7O2. The van der Waals surface area contributed by atoms with Crippen molar-refractivity contribution in [2.24, 2.45) is 18.9 Å². The highest BCUT2D eigenvalue weighted by molar-refractivity contribution is 5.94. The molecule has 3 saturated heterocycles. The Morgan fingerprint density at radius 2 is 1.94 bits per heavy atom. The molecule has 186 valence electrons. The minimum absolute atomic E-state index is 0.109. The molecule has 2 aromatic rings. The molecule has 9 nitrogen and oxygen atoms in total. The molecule has 4 heterocycles. The first kappa shape index (κ1) is 22.5. The lowest BCUT2D eigenvalue weighted by Crippen LogP contribution is -2.58. The quantitative estimate of drug-likeness (QED) is 0.694. The van der Waals surface area contributed by atoms with E-state index in [2.05, 4.69) is 33.0 Å². The van der Waals surface area contributed by atoms with Crippen LogP contribution in [-0.2, 0) is 23.2 Å². The minimum Gasteiger partial charge on any atom is -0.342 e. The topological polar surface area (TPSA) is 85.7 Å². The zero-order valence-corrected chi connectivity index (χ0v) is 20.4. The first-order valence-electron chi connectivity index (χ1n) is 12.9. The van der Waals surface area contributed by atoms with Gasteiger partial charge in [-0.25, -0.2) is 0 Å². The fourth-order valence-corrected chi connectivity index (χ4v) is 6.65. The van der Waals surface area contributed by atoms with E-state index in [4.69, 9.17) is 0 Å². The van der Waals surface area contributed by atoms with E-state index < -0.39 is 5.54 Å². The number of nitrogens with one attached hydrogen (secondary N) is 2. The summed E-state index contributed by atoms with van der Waals surface area (Å²) < 4.78 is 1.83. The Kier molecular flexibility index (Phi) is 5.76. The first-order valence-corrected chi connectivity index (χ1v) is 12.9. The van der Waals surface area contributed by atoms with Gasteiger partial charge in [0.05, 0.1) is 18.9 Å². The molecule has 3 unspecified atom stereocenters. The van der Waals surface area contributed by atoms with Crippen LogP contribution in [0.15, 0.2) is 42.6 Å². The average Bonchev–Trinajstić information content (AvgIpc) is 3.59. The Morgan fingerprint density at radius 1 is 1.14 bits per heavy atom. The SMILES string of the molecule is Cn1nccc1CN1CN(c2ccccc2)C2(CCN(C(=O)C3CCC4NNCC4C3)CC2)C1=O. The van der Waals surface area contributed by atoms with Gasteiger partial charge in [-0.2, -0.15) is 5.10 Å². The normalized spacial score (nSPS) is 28.1. The Morgan fingerprint density at radius 3 is 2.69 bits per heavy atom. The standard InChI is InChI=1S/C26H35N7O2/c1-30-22(9-12-28-30)17-32-18-33(21-5-3-2-4-6-21)26(25(32)35)10-13-31(14-11-26)24(34)19-7-8-23-20(15-19)16-27-29-23/h2-6,9,12,19-20,23,27,29H,7-8,10-11,13-18H2,1H3. The van der Waals surface area contributed by atoms with Crippen molar-refractivity contribution in [3.05, 3.63) is 48.3 Å². The molecule has 1 aromatic heterocycles. The molecule has 1 aromatic carbocycles. The summed E-state index contributed by atoms with van der Waals surface area (Å²) in [5, 5.41) is 4.27. The number of likely N-dealkylation sites (tertiary alicyclic amines) is 1. The lowest BCUT2D eigenvalue weighted by atomic mass is 9.77. The van der Waals surface area contributed by atoms with Crippen molar-refractivity contribution in [3.63, 3.8) is 0 Å². The van der Waals surface area contributed by atoms with Crippen molar-refractivity contribution < 1.29 is 9.59 Å². The number of anilines is 1. The number of aryl methyl sites for hydroxylation is 1. The van der Waals surface area contributed by atoms with Gasteiger partial charge >= 0.3 is 0 Å². The summed E-state index contributed by atoms with van der Waals surface area (Å²) in [4.78, 5) is 33.7. The zero-order valence-electron chi connectivity index (χ0n) is 20.4. The summed E-state index contributed by atoms with van der Waals surface area (Å²) in [5.41, 5.74) is 8.08. The molecule has 35 heavy (non-hydrogen) atoms. The van der Waals surface area contributed by atoms with Crippen molar-refractivity contribution in [2.75, 3.05) is 31.2 Å². The number of hydrogen-bond donors (Lipinski definition) is 2. The molecular weight excluding hydrogens is 442 g/mol. The van der Waals surface area contributed by atoms with Gasteiger partial charge in [-0.3, -0.25) is 25.1 Å². The van der Waals surface area contributed by atoms with Crippen LogP contribution in [0.25, 0.3) is 0 Å². The highest BCUT2D eigenvalue weighted by Gasteiger charge is 2.54. The van der Waals surface area contributed by atoms with Gasteiger partial charge in [0.15, 0.2) is 0 Å². The molecule has 0 bridgehead atoms. The lowest BCUT2D eigenvalue weighted by molar-refractivity contribution is -0.142. The second-order valence-corrected chi connectivity index (χ2v) is 10.6. The lowest BCUT2D eigenvalue weighted by Gasteiger charge is -2.44. The van der Waals surface area contributed by atoms with E-state index in [-0.39, 0.29) is 17.7 Å². The van der Waals surface area contributed by atoms with E-state index in [1.165, 1.54) is 0 Å². The molecule has 2 amide bonds. The largest absolute Gasteiger partial charge is 0.342 e. The number of carbonyl (C=O) groups excluding carboxylic acids is 2. The summed E-state index contributed by atoms with van der Waals surface area (Å²) in [6.45, 7) is 3.30. The summed E-state index contributed by atoms with van der Waals surface area (Å²) in [6, 6.07) is 12.7. The van der Waals surface area contributed by atoms with Crippen LogP contribution in [0.3, 0.4) is 0 Å². The Labute approximate surface area is 206 Å². The van der Waals surface area contributed by atoms with Crippen LogP contribution in [0.2, 0.25) is 0 Å². The number of piperidine rings is 1. The number of nitrogens with zero attached hydrogens (tertiary/aromatic N) is 5. The Balaban J connectivity index is 1.19. The number of amides is 2. The number of aromatic nitrogens is 2. The van der Waals surface area contributed by atoms with Crippen molar-refractivity contribution in [2.45, 2.75) is 50.2 Å². The van der Waals surface area contributed by atoms with E-state index in [1.54, 1.807) is 6.20 Å². The number of para-hydroxylation sites is 1. The molecule has 2 N–H and O–H groups in total. The smallest absolute Gasteiger partial charge is 0.250 e. The average molecular weight is 478 g/mol. The third-order valence-electron chi connectivity index (χ3n) is 8.74. The molecule has 4 aliphatic rings. The number of carbonyl (C=O) groups is 2. The van der Waals surface area contributed by atoms with Crippen LogP contribution < -0.4 is 15.8 Å². The fourth-order valence-electron chi connectivity index (χ4n) is 6.65. The molecule has 3 aliphatic heterocycles. The van der Waals surface area contributed by atoms with Gasteiger partial charge in [0, 0.05) is 50.5 Å². The summed E-state index contributed by atoms with van der Waals surface area (Å²) in [6.07, 6.45) is 6.06. The van der Waals surface area contributed by atoms with Gasteiger partial charge in [0.25, 0.3) is 0 Å². The van der Waals surface area contributed by atoms with Gasteiger partial charge in [0.2, 0.25) is 11.8 Å². The van der Waals surface area contributed by atoms with Crippen molar-refractivity contribution >= 4 is 17.5 Å². The van der Waals surface area contributed by atoms with Crippen LogP contribution in [0.4, 0.5) is 5.69 Å². The van der Waals surface area contributed by atoms with E-state index in [9.17, 15) is 9.59 Å².